The molecule has 2 rings (SSSR count). The third-order valence-corrected chi connectivity index (χ3v) is 3.87. The monoisotopic (exact) mass is 222 g/mol. The minimum Gasteiger partial charge on any atom is -0.378 e. The molecule has 1 aliphatic carbocycles. The lowest BCUT2D eigenvalue weighted by Gasteiger charge is -2.39. The molecule has 3 heteroatoms. The van der Waals surface area contributed by atoms with Gasteiger partial charge in [-0.2, -0.15) is 5.26 Å². The molecule has 2 unspecified atom stereocenters. The second-order valence-corrected chi connectivity index (χ2v) is 5.31. The van der Waals surface area contributed by atoms with Crippen molar-refractivity contribution in [3.8, 4) is 6.07 Å². The molecule has 2 aliphatic rings. The van der Waals surface area contributed by atoms with Crippen LogP contribution in [-0.4, -0.2) is 24.3 Å². The van der Waals surface area contributed by atoms with Crippen LogP contribution in [-0.2, 0) is 4.74 Å². The fourth-order valence-corrected chi connectivity index (χ4v) is 2.99. The summed E-state index contributed by atoms with van der Waals surface area (Å²) in [6, 6.07) is 3.06. The number of ether oxygens (including phenoxy) is 1. The molecule has 0 radical (unpaired) electrons. The Bertz CT molecular complexity index is 268. The molecule has 0 spiro atoms. The van der Waals surface area contributed by atoms with E-state index >= 15 is 0 Å². The molecule has 2 atom stereocenters. The Labute approximate surface area is 98.2 Å². The van der Waals surface area contributed by atoms with Crippen molar-refractivity contribution in [1.29, 1.82) is 5.26 Å². The van der Waals surface area contributed by atoms with Gasteiger partial charge in [-0.3, -0.25) is 5.32 Å². The second kappa shape index (κ2) is 5.16. The molecule has 1 aliphatic heterocycles. The molecule has 0 aromatic carbocycles. The van der Waals surface area contributed by atoms with Crippen LogP contribution in [0, 0.1) is 11.3 Å². The molecule has 2 fully saturated rings. The third kappa shape index (κ3) is 2.75. The van der Waals surface area contributed by atoms with Gasteiger partial charge in [0.15, 0.2) is 0 Å². The fourth-order valence-electron chi connectivity index (χ4n) is 2.99. The topological polar surface area (TPSA) is 45.0 Å². The van der Waals surface area contributed by atoms with Crippen molar-refractivity contribution in [2.24, 2.45) is 0 Å². The summed E-state index contributed by atoms with van der Waals surface area (Å²) >= 11 is 0. The van der Waals surface area contributed by atoms with Gasteiger partial charge in [0.2, 0.25) is 0 Å². The molecular weight excluding hydrogens is 200 g/mol. The Balaban J connectivity index is 1.95. The van der Waals surface area contributed by atoms with Gasteiger partial charge in [0.1, 0.15) is 5.54 Å². The Kier molecular flexibility index (Phi) is 3.83. The van der Waals surface area contributed by atoms with Crippen LogP contribution >= 0.6 is 0 Å². The lowest BCUT2D eigenvalue weighted by molar-refractivity contribution is -0.00711. The van der Waals surface area contributed by atoms with Crippen molar-refractivity contribution in [2.75, 3.05) is 6.61 Å². The van der Waals surface area contributed by atoms with E-state index in [9.17, 15) is 5.26 Å². The summed E-state index contributed by atoms with van der Waals surface area (Å²) in [5.41, 5.74) is -0.320. The molecule has 3 nitrogen and oxygen atoms in total. The summed E-state index contributed by atoms with van der Waals surface area (Å²) in [4.78, 5) is 0. The van der Waals surface area contributed by atoms with E-state index in [-0.39, 0.29) is 11.6 Å². The van der Waals surface area contributed by atoms with Gasteiger partial charge in [-0.25, -0.2) is 0 Å². The van der Waals surface area contributed by atoms with Gasteiger partial charge >= 0.3 is 0 Å². The first-order valence-electron chi connectivity index (χ1n) is 6.55. The van der Waals surface area contributed by atoms with Gasteiger partial charge in [0, 0.05) is 25.5 Å². The van der Waals surface area contributed by atoms with Crippen LogP contribution in [0.1, 0.15) is 51.9 Å². The molecule has 1 saturated carbocycles. The normalized spacial score (nSPS) is 36.9. The van der Waals surface area contributed by atoms with Crippen LogP contribution in [0.3, 0.4) is 0 Å². The van der Waals surface area contributed by atoms with E-state index in [1.54, 1.807) is 0 Å². The molecule has 0 bridgehead atoms. The molecule has 0 aromatic rings. The van der Waals surface area contributed by atoms with E-state index < -0.39 is 0 Å². The predicted octanol–water partition coefficient (Wildman–Crippen LogP) is 2.37. The molecular formula is C13H22N2O. The zero-order valence-electron chi connectivity index (χ0n) is 10.2. The quantitative estimate of drug-likeness (QED) is 0.780. The molecule has 0 aromatic heterocycles. The summed E-state index contributed by atoms with van der Waals surface area (Å²) in [6.07, 6.45) is 8.33. The Morgan fingerprint density at radius 1 is 1.31 bits per heavy atom. The van der Waals surface area contributed by atoms with Crippen molar-refractivity contribution >= 4 is 0 Å². The maximum atomic E-state index is 9.42. The van der Waals surface area contributed by atoms with E-state index in [0.717, 1.165) is 12.8 Å². The van der Waals surface area contributed by atoms with Crippen LogP contribution in [0.15, 0.2) is 0 Å². The highest BCUT2D eigenvalue weighted by Gasteiger charge is 2.37. The van der Waals surface area contributed by atoms with Crippen molar-refractivity contribution in [1.82, 2.24) is 5.32 Å². The maximum Gasteiger partial charge on any atom is 0.111 e. The van der Waals surface area contributed by atoms with Gasteiger partial charge in [-0.05, 0) is 19.8 Å². The SMILES string of the molecule is CC1CC(C#N)(NC2CCCCC2)CCO1. The van der Waals surface area contributed by atoms with Gasteiger partial charge in [-0.1, -0.05) is 19.3 Å². The first-order valence-corrected chi connectivity index (χ1v) is 6.55. The van der Waals surface area contributed by atoms with Crippen molar-refractivity contribution in [3.63, 3.8) is 0 Å². The van der Waals surface area contributed by atoms with E-state index in [4.69, 9.17) is 4.74 Å². The van der Waals surface area contributed by atoms with Crippen LogP contribution < -0.4 is 5.32 Å². The Morgan fingerprint density at radius 3 is 2.69 bits per heavy atom. The van der Waals surface area contributed by atoms with Gasteiger partial charge in [-0.15, -0.1) is 0 Å². The molecule has 1 saturated heterocycles. The van der Waals surface area contributed by atoms with E-state index in [0.29, 0.717) is 12.6 Å². The van der Waals surface area contributed by atoms with Gasteiger partial charge < -0.3 is 4.74 Å². The molecule has 90 valence electrons. The summed E-state index contributed by atoms with van der Waals surface area (Å²) in [7, 11) is 0. The predicted molar refractivity (Wildman–Crippen MR) is 63.0 cm³/mol. The largest absolute Gasteiger partial charge is 0.378 e. The van der Waals surface area contributed by atoms with Crippen LogP contribution in [0.4, 0.5) is 0 Å². The highest BCUT2D eigenvalue weighted by molar-refractivity contribution is 5.10. The van der Waals surface area contributed by atoms with E-state index in [2.05, 4.69) is 18.3 Å². The highest BCUT2D eigenvalue weighted by Crippen LogP contribution is 2.27. The Hall–Kier alpha value is -0.590. The molecule has 16 heavy (non-hydrogen) atoms. The first-order chi connectivity index (χ1) is 7.74. The number of rotatable bonds is 2. The van der Waals surface area contributed by atoms with Gasteiger partial charge in [0.05, 0.1) is 12.2 Å². The number of hydrogen-bond acceptors (Lipinski definition) is 3. The van der Waals surface area contributed by atoms with Crippen LogP contribution in [0.2, 0.25) is 0 Å². The van der Waals surface area contributed by atoms with Gasteiger partial charge in [0.25, 0.3) is 0 Å². The Morgan fingerprint density at radius 2 is 2.06 bits per heavy atom. The summed E-state index contributed by atoms with van der Waals surface area (Å²) < 4.78 is 5.53. The smallest absolute Gasteiger partial charge is 0.111 e. The summed E-state index contributed by atoms with van der Waals surface area (Å²) in [6.45, 7) is 2.78. The molecule has 1 N–H and O–H groups in total. The maximum absolute atomic E-state index is 9.42. The lowest BCUT2D eigenvalue weighted by atomic mass is 9.85. The minimum atomic E-state index is -0.320. The van der Waals surface area contributed by atoms with Crippen molar-refractivity contribution < 1.29 is 4.74 Å². The number of nitrogens with zero attached hydrogens (tertiary/aromatic N) is 1. The standard InChI is InChI=1S/C13H22N2O/c1-11-9-13(10-14,7-8-16-11)15-12-5-3-2-4-6-12/h11-12,15H,2-9H2,1H3. The zero-order valence-corrected chi connectivity index (χ0v) is 10.2. The van der Waals surface area contributed by atoms with Crippen LogP contribution in [0.5, 0.6) is 0 Å². The summed E-state index contributed by atoms with van der Waals surface area (Å²) in [5.74, 6) is 0. The van der Waals surface area contributed by atoms with Crippen molar-refractivity contribution in [2.45, 2.75) is 69.6 Å². The average Bonchev–Trinajstić information content (AvgIpc) is 2.30. The number of hydrogen-bond donors (Lipinski definition) is 1. The summed E-state index contributed by atoms with van der Waals surface area (Å²) in [5, 5.41) is 13.0. The lowest BCUT2D eigenvalue weighted by Crippen LogP contribution is -2.54. The molecule has 1 heterocycles. The minimum absolute atomic E-state index is 0.212. The number of nitrogens with one attached hydrogen (secondary N) is 1. The van der Waals surface area contributed by atoms with E-state index in [1.807, 2.05) is 0 Å². The van der Waals surface area contributed by atoms with Crippen LogP contribution in [0.25, 0.3) is 0 Å². The zero-order chi connectivity index (χ0) is 11.4. The van der Waals surface area contributed by atoms with Crippen molar-refractivity contribution in [3.05, 3.63) is 0 Å². The first kappa shape index (κ1) is 11.9. The molecule has 0 amide bonds. The third-order valence-electron chi connectivity index (χ3n) is 3.87. The van der Waals surface area contributed by atoms with E-state index in [1.165, 1.54) is 32.1 Å². The average molecular weight is 222 g/mol. The number of nitriles is 1. The highest BCUT2D eigenvalue weighted by atomic mass is 16.5. The fraction of sp³-hybridized carbons (Fsp3) is 0.923. The second-order valence-electron chi connectivity index (χ2n) is 5.31.